The van der Waals surface area contributed by atoms with E-state index in [2.05, 4.69) is 163 Å². The summed E-state index contributed by atoms with van der Waals surface area (Å²) in [5.41, 5.74) is 6.67. The van der Waals surface area contributed by atoms with Crippen molar-refractivity contribution in [3.05, 3.63) is 161 Å². The Kier molecular flexibility index (Phi) is 10.1. The Bertz CT molecular complexity index is 2600. The number of carbonyl (C=O) groups is 2. The molecule has 0 aliphatic carbocycles. The molecule has 2 aliphatic heterocycles. The lowest BCUT2D eigenvalue weighted by Crippen LogP contribution is -2.34. The third-order valence-corrected chi connectivity index (χ3v) is 12.2. The summed E-state index contributed by atoms with van der Waals surface area (Å²) in [5.74, 6) is -0.822. The Morgan fingerprint density at radius 2 is 1.49 bits per heavy atom. The third kappa shape index (κ3) is 6.63. The van der Waals surface area contributed by atoms with Crippen molar-refractivity contribution in [3.8, 4) is 0 Å². The minimum atomic E-state index is -0.822. The molecular weight excluding hydrogens is 701 g/mol. The highest BCUT2D eigenvalue weighted by Gasteiger charge is 2.50. The number of aliphatic carboxylic acids is 1. The van der Waals surface area contributed by atoms with Crippen molar-refractivity contribution in [2.45, 2.75) is 43.4 Å². The summed E-state index contributed by atoms with van der Waals surface area (Å²) in [4.78, 5) is 26.6. The molecule has 0 saturated heterocycles. The number of ether oxygens (including phenoxy) is 1. The minimum Gasteiger partial charge on any atom is -0.481 e. The number of hydrogen-bond donors (Lipinski definition) is 1. The zero-order chi connectivity index (χ0) is 37.9. The molecule has 1 unspecified atom stereocenters. The Balaban J connectivity index is 1.24. The standard InChI is InChI=1S/C48H42N2O4S/c1-3-33-15-7-8-17-35(33)31-48(2)42(50(28-27-44(52)53)46-40-22-14-12-20-38(40)37-19-11-13-21-39(37)45(46)48)23-5-4-6-24-43-49(29-30-54-32-51)41-26-25-34-16-9-10-18-36(34)47(41)55-43/h4-26,32H,3,27-31H2,1-2H3/p+1. The Labute approximate surface area is 325 Å². The highest BCUT2D eigenvalue weighted by atomic mass is 32.2. The van der Waals surface area contributed by atoms with E-state index in [1.165, 1.54) is 43.1 Å². The molecule has 6 aromatic rings. The van der Waals surface area contributed by atoms with E-state index in [9.17, 15) is 14.7 Å². The molecule has 0 radical (unpaired) electrons. The summed E-state index contributed by atoms with van der Waals surface area (Å²) in [6.45, 7) is 6.21. The van der Waals surface area contributed by atoms with Gasteiger partial charge in [0.1, 0.15) is 13.0 Å². The summed E-state index contributed by atoms with van der Waals surface area (Å²) in [6, 6.07) is 38.5. The SMILES string of the molecule is CCc1ccccc1CC1(C)C(/C=C/C=C/C=C2/Sc3c(ccc4ccccc34)N2CCOC=O)=[N+](CCC(=O)O)c2c1c1ccccc1c1ccccc21. The van der Waals surface area contributed by atoms with Gasteiger partial charge in [-0.05, 0) is 76.0 Å². The van der Waals surface area contributed by atoms with Crippen LogP contribution in [0.25, 0.3) is 32.3 Å². The fourth-order valence-corrected chi connectivity index (χ4v) is 9.82. The second-order valence-electron chi connectivity index (χ2n) is 14.2. The maximum absolute atomic E-state index is 12.2. The molecule has 0 saturated carbocycles. The van der Waals surface area contributed by atoms with E-state index in [1.54, 1.807) is 11.8 Å². The molecule has 0 bridgehead atoms. The van der Waals surface area contributed by atoms with Crippen LogP contribution in [0.4, 0.5) is 11.4 Å². The number of anilines is 1. The number of allylic oxidation sites excluding steroid dienone is 5. The predicted octanol–water partition coefficient (Wildman–Crippen LogP) is 10.5. The summed E-state index contributed by atoms with van der Waals surface area (Å²) >= 11 is 1.72. The quantitative estimate of drug-likeness (QED) is 0.0418. The fraction of sp³-hybridized carbons (Fsp3) is 0.188. The van der Waals surface area contributed by atoms with Crippen molar-refractivity contribution in [2.24, 2.45) is 0 Å². The average molecular weight is 744 g/mol. The second kappa shape index (κ2) is 15.4. The normalized spacial score (nSPS) is 17.3. The second-order valence-corrected chi connectivity index (χ2v) is 15.3. The number of rotatable bonds is 13. The van der Waals surface area contributed by atoms with E-state index in [1.807, 2.05) is 0 Å². The lowest BCUT2D eigenvalue weighted by molar-refractivity contribution is -0.435. The van der Waals surface area contributed by atoms with Crippen LogP contribution < -0.4 is 4.90 Å². The predicted molar refractivity (Wildman–Crippen MR) is 226 cm³/mol. The molecule has 1 N–H and O–H groups in total. The van der Waals surface area contributed by atoms with Crippen molar-refractivity contribution in [3.63, 3.8) is 0 Å². The zero-order valence-corrected chi connectivity index (χ0v) is 31.9. The Hall–Kier alpha value is -5.92. The third-order valence-electron chi connectivity index (χ3n) is 11.0. The number of nitrogens with zero attached hydrogens (tertiary/aromatic N) is 2. The van der Waals surface area contributed by atoms with Crippen molar-refractivity contribution >= 4 is 73.6 Å². The molecule has 0 amide bonds. The van der Waals surface area contributed by atoms with E-state index in [0.29, 0.717) is 19.6 Å². The van der Waals surface area contributed by atoms with Crippen LogP contribution in [0.15, 0.2) is 149 Å². The van der Waals surface area contributed by atoms with Crippen molar-refractivity contribution in [1.29, 1.82) is 0 Å². The van der Waals surface area contributed by atoms with Crippen LogP contribution in [0.1, 0.15) is 37.0 Å². The molecule has 7 heteroatoms. The number of fused-ring (bicyclic) bond motifs is 9. The molecule has 1 atom stereocenters. The highest BCUT2D eigenvalue weighted by Crippen LogP contribution is 2.51. The van der Waals surface area contributed by atoms with Crippen LogP contribution in [0.3, 0.4) is 0 Å². The smallest absolute Gasteiger partial charge is 0.309 e. The van der Waals surface area contributed by atoms with Crippen LogP contribution in [0.2, 0.25) is 0 Å². The van der Waals surface area contributed by atoms with Gasteiger partial charge >= 0.3 is 5.97 Å². The van der Waals surface area contributed by atoms with Crippen LogP contribution >= 0.6 is 11.8 Å². The maximum Gasteiger partial charge on any atom is 0.309 e. The number of carboxylic acids is 1. The molecule has 55 heavy (non-hydrogen) atoms. The zero-order valence-electron chi connectivity index (χ0n) is 31.1. The first-order valence-corrected chi connectivity index (χ1v) is 19.7. The van der Waals surface area contributed by atoms with Gasteiger partial charge in [-0.25, -0.2) is 0 Å². The Morgan fingerprint density at radius 3 is 2.24 bits per heavy atom. The van der Waals surface area contributed by atoms with E-state index in [-0.39, 0.29) is 13.0 Å². The fourth-order valence-electron chi connectivity index (χ4n) is 8.58. The summed E-state index contributed by atoms with van der Waals surface area (Å²) in [6.07, 6.45) is 12.2. The molecule has 0 spiro atoms. The van der Waals surface area contributed by atoms with Crippen LogP contribution in [0, 0.1) is 0 Å². The summed E-state index contributed by atoms with van der Waals surface area (Å²) in [7, 11) is 0. The minimum absolute atomic E-state index is 0.0115. The first-order valence-electron chi connectivity index (χ1n) is 18.9. The number of carboxylic acid groups (broad SMARTS) is 1. The monoisotopic (exact) mass is 743 g/mol. The number of benzene rings is 6. The van der Waals surface area contributed by atoms with Gasteiger partial charge in [0.2, 0.25) is 5.69 Å². The maximum atomic E-state index is 12.2. The van der Waals surface area contributed by atoms with Gasteiger partial charge in [-0.3, -0.25) is 9.59 Å². The number of thioether (sulfide) groups is 1. The lowest BCUT2D eigenvalue weighted by Gasteiger charge is -2.25. The molecule has 0 aromatic heterocycles. The van der Waals surface area contributed by atoms with Gasteiger partial charge in [0, 0.05) is 16.5 Å². The first-order chi connectivity index (χ1) is 26.9. The van der Waals surface area contributed by atoms with Gasteiger partial charge in [0.25, 0.3) is 6.47 Å². The molecule has 6 aromatic carbocycles. The summed E-state index contributed by atoms with van der Waals surface area (Å²) < 4.78 is 7.39. The van der Waals surface area contributed by atoms with E-state index < -0.39 is 11.4 Å². The van der Waals surface area contributed by atoms with Crippen LogP contribution in [-0.2, 0) is 32.6 Å². The van der Waals surface area contributed by atoms with Crippen LogP contribution in [-0.4, -0.2) is 47.5 Å². The molecule has 2 heterocycles. The summed E-state index contributed by atoms with van der Waals surface area (Å²) in [5, 5.41) is 18.1. The Morgan fingerprint density at radius 1 is 0.818 bits per heavy atom. The van der Waals surface area contributed by atoms with Gasteiger partial charge in [0.05, 0.1) is 28.1 Å². The van der Waals surface area contributed by atoms with Gasteiger partial charge in [-0.1, -0.05) is 134 Å². The van der Waals surface area contributed by atoms with Crippen LogP contribution in [0.5, 0.6) is 0 Å². The number of carbonyl (C=O) groups excluding carboxylic acids is 1. The molecular formula is C48H43N2O4S+. The highest BCUT2D eigenvalue weighted by molar-refractivity contribution is 8.04. The topological polar surface area (TPSA) is 69.8 Å². The lowest BCUT2D eigenvalue weighted by atomic mass is 9.71. The van der Waals surface area contributed by atoms with E-state index in [4.69, 9.17) is 4.74 Å². The van der Waals surface area contributed by atoms with Crippen molar-refractivity contribution < 1.29 is 24.0 Å². The largest absolute Gasteiger partial charge is 0.481 e. The van der Waals surface area contributed by atoms with Gasteiger partial charge < -0.3 is 14.7 Å². The van der Waals surface area contributed by atoms with Gasteiger partial charge in [-0.2, -0.15) is 4.58 Å². The van der Waals surface area contributed by atoms with E-state index >= 15 is 0 Å². The van der Waals surface area contributed by atoms with Gasteiger partial charge in [0.15, 0.2) is 12.3 Å². The number of hydrogen-bond acceptors (Lipinski definition) is 5. The molecule has 0 fully saturated rings. The van der Waals surface area contributed by atoms with Crippen molar-refractivity contribution in [2.75, 3.05) is 24.6 Å². The molecule has 6 nitrogen and oxygen atoms in total. The average Bonchev–Trinajstić information content (AvgIpc) is 3.69. The van der Waals surface area contributed by atoms with E-state index in [0.717, 1.165) is 45.7 Å². The first kappa shape index (κ1) is 36.1. The van der Waals surface area contributed by atoms with Crippen molar-refractivity contribution in [1.82, 2.24) is 0 Å². The van der Waals surface area contributed by atoms with Gasteiger partial charge in [-0.15, -0.1) is 0 Å². The molecule has 8 rings (SSSR count). The molecule has 2 aliphatic rings. The number of aryl methyl sites for hydroxylation is 1. The molecule has 274 valence electrons.